The lowest BCUT2D eigenvalue weighted by atomic mass is 10.0. The molecular formula is C32H21N5O4. The largest absolute Gasteiger partial charge is 0.494 e. The number of rotatable bonds is 3. The van der Waals surface area contributed by atoms with Crippen LogP contribution in [0.3, 0.4) is 0 Å². The second kappa shape index (κ2) is 9.35. The molecule has 7 aromatic rings. The molecule has 0 saturated carbocycles. The number of carbonyl (C=O) groups excluding carboxylic acids is 1. The Hall–Kier alpha value is -5.96. The lowest BCUT2D eigenvalue weighted by molar-refractivity contribution is 0.107. The first-order chi connectivity index (χ1) is 20.0. The molecule has 0 aliphatic carbocycles. The number of nitrogens with zero attached hydrogens (tertiary/aromatic N) is 2. The molecule has 4 aromatic carbocycles. The van der Waals surface area contributed by atoms with Gasteiger partial charge in [-0.2, -0.15) is 0 Å². The average molecular weight is 540 g/mol. The molecule has 0 bridgehead atoms. The molecule has 5 N–H and O–H groups in total. The number of H-pyrrole nitrogens is 3. The van der Waals surface area contributed by atoms with Gasteiger partial charge in [-0.05, 0) is 35.5 Å². The molecular weight excluding hydrogens is 518 g/mol. The second-order valence-corrected chi connectivity index (χ2v) is 9.58. The lowest BCUT2D eigenvalue weighted by Gasteiger charge is -1.98. The van der Waals surface area contributed by atoms with Crippen LogP contribution in [0.25, 0.3) is 44.0 Å². The third-order valence-electron chi connectivity index (χ3n) is 7.23. The number of Topliss-reactive ketones (excluding diaryl/α,β-unsaturated/α-hetero) is 1. The highest BCUT2D eigenvalue weighted by molar-refractivity contribution is 6.56. The number of nitrogens with one attached hydrogen (secondary N) is 3. The summed E-state index contributed by atoms with van der Waals surface area (Å²) in [6.07, 6.45) is 0. The van der Waals surface area contributed by atoms with Crippen LogP contribution in [0.2, 0.25) is 0 Å². The van der Waals surface area contributed by atoms with Crippen LogP contribution in [-0.2, 0) is 0 Å². The highest BCUT2D eigenvalue weighted by atomic mass is 16.3. The van der Waals surface area contributed by atoms with Crippen molar-refractivity contribution in [1.82, 2.24) is 15.0 Å². The predicted octanol–water partition coefficient (Wildman–Crippen LogP) is 7.61. The van der Waals surface area contributed by atoms with Crippen LogP contribution < -0.4 is 0 Å². The molecule has 0 unspecified atom stereocenters. The number of ketones is 1. The molecule has 198 valence electrons. The van der Waals surface area contributed by atoms with Crippen molar-refractivity contribution >= 4 is 55.6 Å². The third-order valence-corrected chi connectivity index (χ3v) is 7.23. The molecule has 0 amide bonds. The lowest BCUT2D eigenvalue weighted by Crippen LogP contribution is -2.10. The fourth-order valence-electron chi connectivity index (χ4n) is 5.38. The van der Waals surface area contributed by atoms with Crippen LogP contribution >= 0.6 is 0 Å². The van der Waals surface area contributed by atoms with E-state index in [9.17, 15) is 19.9 Å². The van der Waals surface area contributed by atoms with E-state index < -0.39 is 0 Å². The van der Waals surface area contributed by atoms with Gasteiger partial charge in [0.05, 0.1) is 22.5 Å². The Kier molecular flexibility index (Phi) is 5.50. The van der Waals surface area contributed by atoms with Crippen LogP contribution in [0.4, 0.5) is 11.4 Å². The van der Waals surface area contributed by atoms with Gasteiger partial charge in [-0.25, -0.2) is 4.99 Å². The first-order valence-electron chi connectivity index (χ1n) is 12.8. The molecule has 0 radical (unpaired) electrons. The summed E-state index contributed by atoms with van der Waals surface area (Å²) < 4.78 is 0. The maximum Gasteiger partial charge on any atom is 0.214 e. The van der Waals surface area contributed by atoms with Gasteiger partial charge in [0.2, 0.25) is 5.78 Å². The van der Waals surface area contributed by atoms with Crippen molar-refractivity contribution in [3.63, 3.8) is 0 Å². The molecule has 41 heavy (non-hydrogen) atoms. The zero-order valence-electron chi connectivity index (χ0n) is 21.3. The van der Waals surface area contributed by atoms with Crippen molar-refractivity contribution in [1.29, 1.82) is 0 Å². The second-order valence-electron chi connectivity index (χ2n) is 9.58. The number of aromatic amines is 3. The zero-order chi connectivity index (χ0) is 28.1. The average Bonchev–Trinajstić information content (AvgIpc) is 3.72. The summed E-state index contributed by atoms with van der Waals surface area (Å²) in [5.74, 6) is -0.153. The van der Waals surface area contributed by atoms with Gasteiger partial charge < -0.3 is 25.2 Å². The quantitative estimate of drug-likeness (QED) is 0.147. The van der Waals surface area contributed by atoms with Gasteiger partial charge in [0.25, 0.3) is 0 Å². The number of hydrogen-bond donors (Lipinski definition) is 5. The number of benzene rings is 4. The van der Waals surface area contributed by atoms with Gasteiger partial charge in [0.1, 0.15) is 11.4 Å². The van der Waals surface area contributed by atoms with Crippen molar-refractivity contribution in [3.05, 3.63) is 113 Å². The van der Waals surface area contributed by atoms with E-state index in [4.69, 9.17) is 0 Å². The van der Waals surface area contributed by atoms with E-state index in [-0.39, 0.29) is 17.5 Å². The monoisotopic (exact) mass is 539 g/mol. The van der Waals surface area contributed by atoms with E-state index in [0.717, 1.165) is 32.7 Å². The van der Waals surface area contributed by atoms with Gasteiger partial charge in [0.15, 0.2) is 11.8 Å². The predicted molar refractivity (Wildman–Crippen MR) is 160 cm³/mol. The van der Waals surface area contributed by atoms with E-state index in [1.165, 1.54) is 0 Å². The summed E-state index contributed by atoms with van der Waals surface area (Å²) in [6, 6.07) is 29.6. The van der Waals surface area contributed by atoms with Gasteiger partial charge in [0, 0.05) is 38.3 Å². The Morgan fingerprint density at radius 3 is 1.76 bits per heavy atom. The summed E-state index contributed by atoms with van der Waals surface area (Å²) in [6.45, 7) is 0. The number of aliphatic imine (C=N–C) groups is 1. The number of hydrogen-bond acceptors (Lipinski definition) is 6. The molecule has 4 heterocycles. The first kappa shape index (κ1) is 24.1. The molecule has 8 rings (SSSR count). The Balaban J connectivity index is 0.000000135. The molecule has 0 saturated heterocycles. The summed E-state index contributed by atoms with van der Waals surface area (Å²) in [4.78, 5) is 37.1. The van der Waals surface area contributed by atoms with Crippen LogP contribution in [0.15, 0.2) is 107 Å². The Morgan fingerprint density at radius 1 is 0.610 bits per heavy atom. The molecule has 0 atom stereocenters. The number of aromatic nitrogens is 3. The minimum atomic E-state index is -0.152. The van der Waals surface area contributed by atoms with Crippen molar-refractivity contribution in [2.24, 2.45) is 10.2 Å². The topological polar surface area (TPSA) is 147 Å². The third kappa shape index (κ3) is 3.79. The van der Waals surface area contributed by atoms with E-state index in [1.54, 1.807) is 12.1 Å². The summed E-state index contributed by atoms with van der Waals surface area (Å²) in [5, 5.41) is 25.9. The Bertz CT molecular complexity index is 2180. The number of nitroso groups, excluding NO2 is 1. The van der Waals surface area contributed by atoms with E-state index in [0.29, 0.717) is 39.5 Å². The normalized spacial score (nSPS) is 12.4. The number of carbonyl (C=O) groups is 1. The minimum Gasteiger partial charge on any atom is -0.494 e. The Morgan fingerprint density at radius 2 is 1.12 bits per heavy atom. The SMILES string of the molecule is O=C1C(c2c(O)[nH]c3ccccc23)=Nc2ccccc21.O=Nc1c(-c2c(O)[nH]c3ccccc23)[nH]c2ccccc12. The summed E-state index contributed by atoms with van der Waals surface area (Å²) in [7, 11) is 0. The van der Waals surface area contributed by atoms with E-state index in [1.807, 2.05) is 84.9 Å². The fourth-order valence-corrected chi connectivity index (χ4v) is 5.38. The highest BCUT2D eigenvalue weighted by Gasteiger charge is 2.29. The number of aromatic hydroxyl groups is 2. The van der Waals surface area contributed by atoms with E-state index in [2.05, 4.69) is 25.1 Å². The van der Waals surface area contributed by atoms with Crippen LogP contribution in [0.5, 0.6) is 11.8 Å². The highest BCUT2D eigenvalue weighted by Crippen LogP contribution is 2.44. The van der Waals surface area contributed by atoms with Crippen LogP contribution in [0, 0.1) is 4.91 Å². The van der Waals surface area contributed by atoms with Crippen molar-refractivity contribution in [2.45, 2.75) is 0 Å². The van der Waals surface area contributed by atoms with Crippen molar-refractivity contribution in [2.75, 3.05) is 0 Å². The molecule has 1 aliphatic rings. The van der Waals surface area contributed by atoms with Crippen LogP contribution in [0.1, 0.15) is 15.9 Å². The van der Waals surface area contributed by atoms with Gasteiger partial charge >= 0.3 is 0 Å². The molecule has 9 nitrogen and oxygen atoms in total. The maximum absolute atomic E-state index is 12.4. The first-order valence-corrected chi connectivity index (χ1v) is 12.8. The maximum atomic E-state index is 12.4. The van der Waals surface area contributed by atoms with Gasteiger partial charge in [-0.1, -0.05) is 66.7 Å². The number of para-hydroxylation sites is 4. The fraction of sp³-hybridized carbons (Fsp3) is 0. The minimum absolute atomic E-state index is 0.0210. The molecule has 9 heteroatoms. The molecule has 0 spiro atoms. The molecule has 3 aromatic heterocycles. The number of fused-ring (bicyclic) bond motifs is 4. The van der Waals surface area contributed by atoms with Gasteiger partial charge in [-0.3, -0.25) is 4.79 Å². The van der Waals surface area contributed by atoms with Crippen LogP contribution in [-0.4, -0.2) is 36.7 Å². The zero-order valence-corrected chi connectivity index (χ0v) is 21.3. The molecule has 1 aliphatic heterocycles. The smallest absolute Gasteiger partial charge is 0.214 e. The standard InChI is InChI=1S/C16H11N3O2.C16H10N2O2/c20-16-13(9-5-1-3-7-11(9)18-16)15-14(19-21)10-6-2-4-8-12(10)17-15;19-15-10-6-2-4-8-12(10)17-14(15)13-9-5-1-3-7-11(9)18-16(13)20/h1-8,17-18,20H;1-8,18,20H. The summed E-state index contributed by atoms with van der Waals surface area (Å²) in [5.41, 5.74) is 5.80. The van der Waals surface area contributed by atoms with E-state index >= 15 is 0 Å². The van der Waals surface area contributed by atoms with Crippen molar-refractivity contribution < 1.29 is 15.0 Å². The molecule has 0 fully saturated rings. The Labute approximate surface area is 231 Å². The van der Waals surface area contributed by atoms with Gasteiger partial charge in [-0.15, -0.1) is 4.91 Å². The van der Waals surface area contributed by atoms with Crippen molar-refractivity contribution in [3.8, 4) is 23.0 Å². The summed E-state index contributed by atoms with van der Waals surface area (Å²) >= 11 is 0.